The summed E-state index contributed by atoms with van der Waals surface area (Å²) in [5.41, 5.74) is 5.26. The van der Waals surface area contributed by atoms with Crippen LogP contribution in [0, 0.1) is 20.8 Å². The molecular formula is C12H14BrN. The van der Waals surface area contributed by atoms with E-state index in [9.17, 15) is 0 Å². The minimum atomic E-state index is 0. The minimum absolute atomic E-state index is 0. The van der Waals surface area contributed by atoms with Crippen LogP contribution in [0.4, 0.5) is 0 Å². The Labute approximate surface area is 95.2 Å². The van der Waals surface area contributed by atoms with Crippen molar-refractivity contribution < 1.29 is 21.4 Å². The van der Waals surface area contributed by atoms with Crippen LogP contribution in [0.5, 0.6) is 0 Å². The highest BCUT2D eigenvalue weighted by Crippen LogP contribution is 2.07. The van der Waals surface area contributed by atoms with Gasteiger partial charge in [0.2, 0.25) is 5.52 Å². The van der Waals surface area contributed by atoms with Gasteiger partial charge in [-0.25, -0.2) is 0 Å². The molecule has 0 amide bonds. The van der Waals surface area contributed by atoms with E-state index in [0.29, 0.717) is 0 Å². The van der Waals surface area contributed by atoms with E-state index in [1.54, 1.807) is 0 Å². The molecule has 0 bridgehead atoms. The summed E-state index contributed by atoms with van der Waals surface area (Å²) >= 11 is 0. The van der Waals surface area contributed by atoms with Crippen molar-refractivity contribution in [2.24, 2.45) is 0 Å². The predicted octanol–water partition coefficient (Wildman–Crippen LogP) is -0.645. The lowest BCUT2D eigenvalue weighted by molar-refractivity contribution is -0.512. The lowest BCUT2D eigenvalue weighted by atomic mass is 10.1. The molecule has 2 rings (SSSR count). The summed E-state index contributed by atoms with van der Waals surface area (Å²) in [6.07, 6.45) is 4.28. The second kappa shape index (κ2) is 4.09. The highest BCUT2D eigenvalue weighted by atomic mass is 79.9. The summed E-state index contributed by atoms with van der Waals surface area (Å²) in [5, 5.41) is 0. The van der Waals surface area contributed by atoms with Gasteiger partial charge in [0.1, 0.15) is 0 Å². The number of halogens is 1. The molecule has 0 unspecified atom stereocenters. The van der Waals surface area contributed by atoms with Crippen molar-refractivity contribution in [2.45, 2.75) is 20.8 Å². The number of aromatic nitrogens is 1. The quantitative estimate of drug-likeness (QED) is 0.549. The van der Waals surface area contributed by atoms with Crippen LogP contribution in [-0.2, 0) is 0 Å². The van der Waals surface area contributed by atoms with E-state index in [2.05, 4.69) is 55.8 Å². The van der Waals surface area contributed by atoms with E-state index in [-0.39, 0.29) is 17.0 Å². The Balaban J connectivity index is 0.000000980. The maximum absolute atomic E-state index is 2.22. The van der Waals surface area contributed by atoms with Crippen molar-refractivity contribution in [1.82, 2.24) is 0 Å². The van der Waals surface area contributed by atoms with Gasteiger partial charge in [0.25, 0.3) is 0 Å². The lowest BCUT2D eigenvalue weighted by Crippen LogP contribution is -3.00. The highest BCUT2D eigenvalue weighted by Gasteiger charge is 2.04. The van der Waals surface area contributed by atoms with Gasteiger partial charge in [-0.15, -0.1) is 0 Å². The zero-order valence-corrected chi connectivity index (χ0v) is 10.3. The molecular weight excluding hydrogens is 238 g/mol. The van der Waals surface area contributed by atoms with Gasteiger partial charge in [-0.3, -0.25) is 0 Å². The molecule has 0 aliphatic rings. The van der Waals surface area contributed by atoms with E-state index in [1.807, 2.05) is 0 Å². The van der Waals surface area contributed by atoms with E-state index in [0.717, 1.165) is 0 Å². The Morgan fingerprint density at radius 3 is 2.43 bits per heavy atom. The van der Waals surface area contributed by atoms with Crippen LogP contribution in [0.15, 0.2) is 30.6 Å². The average molecular weight is 252 g/mol. The molecule has 0 aliphatic heterocycles. The van der Waals surface area contributed by atoms with E-state index in [1.165, 1.54) is 22.2 Å². The molecule has 2 aromatic heterocycles. The van der Waals surface area contributed by atoms with Crippen molar-refractivity contribution in [3.8, 4) is 0 Å². The normalized spacial score (nSPS) is 9.93. The monoisotopic (exact) mass is 251 g/mol. The standard InChI is InChI=1S/C12H14N.BrH/c1-9-4-5-13-8-11(3)10(2)7-12(13)6-9;/h4-8H,1-3H3;1H/q+1;/p-1. The Bertz CT molecular complexity index is 463. The Morgan fingerprint density at radius 2 is 1.71 bits per heavy atom. The second-order valence-corrected chi connectivity index (χ2v) is 3.68. The maximum atomic E-state index is 2.22. The van der Waals surface area contributed by atoms with Crippen molar-refractivity contribution in [2.75, 3.05) is 0 Å². The molecule has 0 atom stereocenters. The number of fused-ring (bicyclic) bond motifs is 1. The number of aryl methyl sites for hydroxylation is 3. The number of rotatable bonds is 0. The molecule has 0 radical (unpaired) electrons. The zero-order valence-electron chi connectivity index (χ0n) is 8.71. The Kier molecular flexibility index (Phi) is 3.27. The summed E-state index contributed by atoms with van der Waals surface area (Å²) in [6.45, 7) is 6.41. The molecule has 2 aromatic rings. The van der Waals surface area contributed by atoms with Gasteiger partial charge >= 0.3 is 0 Å². The summed E-state index contributed by atoms with van der Waals surface area (Å²) in [7, 11) is 0. The molecule has 0 saturated carbocycles. The highest BCUT2D eigenvalue weighted by molar-refractivity contribution is 5.44. The zero-order chi connectivity index (χ0) is 9.42. The topological polar surface area (TPSA) is 4.10 Å². The predicted molar refractivity (Wildman–Crippen MR) is 53.8 cm³/mol. The van der Waals surface area contributed by atoms with Crippen LogP contribution in [0.3, 0.4) is 0 Å². The van der Waals surface area contributed by atoms with Crippen molar-refractivity contribution in [3.05, 3.63) is 47.3 Å². The molecule has 0 fully saturated rings. The average Bonchev–Trinajstić information content (AvgIpc) is 2.08. The van der Waals surface area contributed by atoms with Crippen LogP contribution in [0.2, 0.25) is 0 Å². The smallest absolute Gasteiger partial charge is 0.211 e. The molecule has 0 aliphatic carbocycles. The lowest BCUT2D eigenvalue weighted by Gasteiger charge is -1.98. The summed E-state index contributed by atoms with van der Waals surface area (Å²) < 4.78 is 2.16. The van der Waals surface area contributed by atoms with Gasteiger partial charge in [-0.1, -0.05) is 0 Å². The third-order valence-corrected chi connectivity index (χ3v) is 2.49. The SMILES string of the molecule is Cc1cc[n+]2cc(C)c(C)cc2c1.[Br-]. The Morgan fingerprint density at radius 1 is 1.00 bits per heavy atom. The number of nitrogens with zero attached hydrogens (tertiary/aromatic N) is 1. The van der Waals surface area contributed by atoms with Gasteiger partial charge in [-0.2, -0.15) is 4.40 Å². The van der Waals surface area contributed by atoms with Crippen molar-refractivity contribution in [1.29, 1.82) is 0 Å². The van der Waals surface area contributed by atoms with Crippen molar-refractivity contribution in [3.63, 3.8) is 0 Å². The molecule has 0 N–H and O–H groups in total. The molecule has 2 heteroatoms. The second-order valence-electron chi connectivity index (χ2n) is 3.68. The number of hydrogen-bond acceptors (Lipinski definition) is 0. The fraction of sp³-hybridized carbons (Fsp3) is 0.250. The molecule has 14 heavy (non-hydrogen) atoms. The molecule has 74 valence electrons. The first-order valence-electron chi connectivity index (χ1n) is 4.56. The van der Waals surface area contributed by atoms with Crippen LogP contribution in [-0.4, -0.2) is 0 Å². The minimum Gasteiger partial charge on any atom is -1.00 e. The summed E-state index contributed by atoms with van der Waals surface area (Å²) in [6, 6.07) is 6.55. The van der Waals surface area contributed by atoms with Gasteiger partial charge in [-0.05, 0) is 31.9 Å². The largest absolute Gasteiger partial charge is 1.00 e. The van der Waals surface area contributed by atoms with Gasteiger partial charge in [0.05, 0.1) is 0 Å². The molecule has 1 nitrogen and oxygen atoms in total. The van der Waals surface area contributed by atoms with E-state index >= 15 is 0 Å². The number of hydrogen-bond donors (Lipinski definition) is 0. The number of pyridine rings is 2. The van der Waals surface area contributed by atoms with E-state index < -0.39 is 0 Å². The van der Waals surface area contributed by atoms with E-state index in [4.69, 9.17) is 0 Å². The molecule has 0 spiro atoms. The van der Waals surface area contributed by atoms with Crippen LogP contribution in [0.1, 0.15) is 16.7 Å². The molecule has 2 heterocycles. The first kappa shape index (κ1) is 11.2. The fourth-order valence-electron chi connectivity index (χ4n) is 1.52. The molecule has 0 aromatic carbocycles. The van der Waals surface area contributed by atoms with Gasteiger partial charge in [0, 0.05) is 23.8 Å². The van der Waals surface area contributed by atoms with Crippen LogP contribution in [0.25, 0.3) is 5.52 Å². The van der Waals surface area contributed by atoms with Gasteiger partial charge in [0.15, 0.2) is 12.4 Å². The van der Waals surface area contributed by atoms with Crippen LogP contribution >= 0.6 is 0 Å². The Hall–Kier alpha value is -0.890. The first-order chi connectivity index (χ1) is 6.16. The van der Waals surface area contributed by atoms with Crippen molar-refractivity contribution >= 4 is 5.52 Å². The van der Waals surface area contributed by atoms with Gasteiger partial charge < -0.3 is 17.0 Å². The first-order valence-corrected chi connectivity index (χ1v) is 4.56. The summed E-state index contributed by atoms with van der Waals surface area (Å²) in [5.74, 6) is 0. The fourth-order valence-corrected chi connectivity index (χ4v) is 1.52. The molecule has 0 saturated heterocycles. The third kappa shape index (κ3) is 1.95. The third-order valence-electron chi connectivity index (χ3n) is 2.49. The summed E-state index contributed by atoms with van der Waals surface area (Å²) in [4.78, 5) is 0. The maximum Gasteiger partial charge on any atom is 0.211 e. The van der Waals surface area contributed by atoms with Crippen LogP contribution < -0.4 is 21.4 Å².